The third-order valence-electron chi connectivity index (χ3n) is 7.90. The molecule has 1 saturated heterocycles. The minimum Gasteiger partial charge on any atom is -0.393 e. The van der Waals surface area contributed by atoms with Gasteiger partial charge in [-0.1, -0.05) is 18.2 Å². The van der Waals surface area contributed by atoms with E-state index in [2.05, 4.69) is 32.4 Å². The summed E-state index contributed by atoms with van der Waals surface area (Å²) in [7, 11) is 0. The Balaban J connectivity index is 0.00000387. The monoisotopic (exact) mass is 589 g/mol. The van der Waals surface area contributed by atoms with Gasteiger partial charge in [0.1, 0.15) is 12.1 Å². The molecule has 0 radical (unpaired) electrons. The van der Waals surface area contributed by atoms with Crippen molar-refractivity contribution in [2.75, 3.05) is 10.6 Å². The van der Waals surface area contributed by atoms with Gasteiger partial charge >= 0.3 is 6.18 Å². The maximum atomic E-state index is 13.7. The first-order valence-corrected chi connectivity index (χ1v) is 13.7. The molecule has 11 heteroatoms. The fourth-order valence-corrected chi connectivity index (χ4v) is 6.00. The average Bonchev–Trinajstić information content (AvgIpc) is 3.30. The molecule has 1 aliphatic heterocycles. The van der Waals surface area contributed by atoms with E-state index in [1.807, 2.05) is 32.0 Å². The SMILES string of the molecule is CC(C)N1C(C)CCC1C(=O)Nc1cc(C(F)(F)F)ccc1-c1cc(Nc2cccc3c2CC(O)CC3)ncn1.Cl. The van der Waals surface area contributed by atoms with Crippen LogP contribution in [0.25, 0.3) is 11.3 Å². The summed E-state index contributed by atoms with van der Waals surface area (Å²) in [5.41, 5.74) is 2.91. The van der Waals surface area contributed by atoms with Crippen LogP contribution in [0.4, 0.5) is 30.4 Å². The fraction of sp³-hybridized carbons (Fsp3) is 0.433. The predicted molar refractivity (Wildman–Crippen MR) is 156 cm³/mol. The van der Waals surface area contributed by atoms with Crippen LogP contribution in [0.3, 0.4) is 0 Å². The first kappa shape index (κ1) is 30.7. The Kier molecular flexibility index (Phi) is 9.25. The van der Waals surface area contributed by atoms with Gasteiger partial charge in [0.15, 0.2) is 0 Å². The molecule has 0 bridgehead atoms. The molecule has 1 fully saturated rings. The van der Waals surface area contributed by atoms with Crippen molar-refractivity contribution >= 4 is 35.5 Å². The van der Waals surface area contributed by atoms with Crippen molar-refractivity contribution in [2.24, 2.45) is 0 Å². The number of fused-ring (bicyclic) bond motifs is 1. The molecule has 2 aromatic carbocycles. The Hall–Kier alpha value is -3.21. The summed E-state index contributed by atoms with van der Waals surface area (Å²) in [6, 6.07) is 10.7. The van der Waals surface area contributed by atoms with Crippen LogP contribution >= 0.6 is 12.4 Å². The van der Waals surface area contributed by atoms with Gasteiger partial charge in [-0.05, 0) is 75.8 Å². The van der Waals surface area contributed by atoms with Crippen molar-refractivity contribution in [1.82, 2.24) is 14.9 Å². The van der Waals surface area contributed by atoms with Gasteiger partial charge in [0.25, 0.3) is 0 Å². The quantitative estimate of drug-likeness (QED) is 0.309. The fourth-order valence-electron chi connectivity index (χ4n) is 6.00. The molecule has 1 aromatic heterocycles. The van der Waals surface area contributed by atoms with Gasteiger partial charge in [0.2, 0.25) is 5.91 Å². The summed E-state index contributed by atoms with van der Waals surface area (Å²) in [6.07, 6.45) is -0.148. The molecule has 0 saturated carbocycles. The number of aryl methyl sites for hydroxylation is 1. The molecule has 5 rings (SSSR count). The minimum absolute atomic E-state index is 0. The minimum atomic E-state index is -4.57. The zero-order chi connectivity index (χ0) is 28.6. The van der Waals surface area contributed by atoms with E-state index in [0.717, 1.165) is 41.8 Å². The van der Waals surface area contributed by atoms with E-state index in [0.29, 0.717) is 36.3 Å². The highest BCUT2D eigenvalue weighted by Crippen LogP contribution is 2.37. The molecular weight excluding hydrogens is 555 g/mol. The largest absolute Gasteiger partial charge is 0.416 e. The molecule has 1 amide bonds. The Bertz CT molecular complexity index is 1400. The molecule has 220 valence electrons. The first-order valence-electron chi connectivity index (χ1n) is 13.7. The van der Waals surface area contributed by atoms with Crippen LogP contribution in [0.2, 0.25) is 0 Å². The second-order valence-electron chi connectivity index (χ2n) is 11.0. The number of nitrogens with one attached hydrogen (secondary N) is 2. The Morgan fingerprint density at radius 3 is 2.59 bits per heavy atom. The summed E-state index contributed by atoms with van der Waals surface area (Å²) in [4.78, 5) is 24.1. The topological polar surface area (TPSA) is 90.4 Å². The highest BCUT2D eigenvalue weighted by molar-refractivity contribution is 5.98. The van der Waals surface area contributed by atoms with Gasteiger partial charge in [0, 0.05) is 35.8 Å². The second-order valence-corrected chi connectivity index (χ2v) is 11.0. The maximum absolute atomic E-state index is 13.7. The van der Waals surface area contributed by atoms with Crippen molar-refractivity contribution in [3.05, 3.63) is 65.5 Å². The van der Waals surface area contributed by atoms with E-state index >= 15 is 0 Å². The number of aromatic nitrogens is 2. The number of amides is 1. The number of aliphatic hydroxyl groups excluding tert-OH is 1. The van der Waals surface area contributed by atoms with E-state index in [9.17, 15) is 23.1 Å². The molecule has 0 spiro atoms. The summed E-state index contributed by atoms with van der Waals surface area (Å²) >= 11 is 0. The lowest BCUT2D eigenvalue weighted by Gasteiger charge is -2.31. The molecule has 1 aliphatic carbocycles. The van der Waals surface area contributed by atoms with Crippen LogP contribution in [0.15, 0.2) is 48.8 Å². The van der Waals surface area contributed by atoms with Crippen molar-refractivity contribution < 1.29 is 23.1 Å². The molecule has 3 N–H and O–H groups in total. The first-order chi connectivity index (χ1) is 19.0. The molecule has 2 aliphatic rings. The predicted octanol–water partition coefficient (Wildman–Crippen LogP) is 6.38. The third-order valence-corrected chi connectivity index (χ3v) is 7.90. The molecule has 3 aromatic rings. The van der Waals surface area contributed by atoms with Crippen LogP contribution in [-0.2, 0) is 23.8 Å². The van der Waals surface area contributed by atoms with Crippen LogP contribution < -0.4 is 10.6 Å². The zero-order valence-electron chi connectivity index (χ0n) is 23.2. The number of hydrogen-bond donors (Lipinski definition) is 3. The number of likely N-dealkylation sites (tertiary alicyclic amines) is 1. The summed E-state index contributed by atoms with van der Waals surface area (Å²) in [5.74, 6) is 0.117. The van der Waals surface area contributed by atoms with Crippen LogP contribution in [-0.4, -0.2) is 50.1 Å². The molecule has 3 unspecified atom stereocenters. The zero-order valence-corrected chi connectivity index (χ0v) is 24.0. The highest BCUT2D eigenvalue weighted by Gasteiger charge is 2.38. The summed E-state index contributed by atoms with van der Waals surface area (Å²) in [6.45, 7) is 6.08. The van der Waals surface area contributed by atoms with Crippen molar-refractivity contribution in [3.8, 4) is 11.3 Å². The number of halogens is 4. The average molecular weight is 590 g/mol. The van der Waals surface area contributed by atoms with Crippen LogP contribution in [0.1, 0.15) is 56.7 Å². The smallest absolute Gasteiger partial charge is 0.393 e. The van der Waals surface area contributed by atoms with Crippen molar-refractivity contribution in [3.63, 3.8) is 0 Å². The van der Waals surface area contributed by atoms with Gasteiger partial charge in [-0.3, -0.25) is 9.69 Å². The van der Waals surface area contributed by atoms with Gasteiger partial charge < -0.3 is 15.7 Å². The third kappa shape index (κ3) is 6.66. The number of hydrogen-bond acceptors (Lipinski definition) is 6. The molecule has 3 atom stereocenters. The number of anilines is 3. The molecule has 2 heterocycles. The van der Waals surface area contributed by atoms with Crippen LogP contribution in [0, 0.1) is 0 Å². The Morgan fingerprint density at radius 2 is 1.85 bits per heavy atom. The van der Waals surface area contributed by atoms with Gasteiger partial charge in [-0.2, -0.15) is 13.2 Å². The standard InChI is InChI=1S/C30H34F3N5O2.ClH/c1-17(2)38-18(3)7-12-27(38)29(40)37-26-13-20(30(31,32)33)9-11-22(26)25-15-28(35-16-34-25)36-24-6-4-5-19-8-10-21(39)14-23(19)24;/h4-6,9,11,13,15-18,21,27,39H,7-8,10,12,14H2,1-3H3,(H,37,40)(H,34,35,36);1H. The Morgan fingerprint density at radius 1 is 1.07 bits per heavy atom. The number of carbonyl (C=O) groups is 1. The number of alkyl halides is 3. The molecule has 7 nitrogen and oxygen atoms in total. The van der Waals surface area contributed by atoms with E-state index in [1.165, 1.54) is 12.4 Å². The Labute approximate surface area is 244 Å². The lowest BCUT2D eigenvalue weighted by molar-refractivity contribution is -0.137. The second kappa shape index (κ2) is 12.3. The lowest BCUT2D eigenvalue weighted by Crippen LogP contribution is -2.46. The summed E-state index contributed by atoms with van der Waals surface area (Å²) < 4.78 is 41.0. The number of benzene rings is 2. The van der Waals surface area contributed by atoms with Crippen LogP contribution in [0.5, 0.6) is 0 Å². The van der Waals surface area contributed by atoms with E-state index < -0.39 is 23.9 Å². The molecular formula is C30H35ClF3N5O2. The number of nitrogens with zero attached hydrogens (tertiary/aromatic N) is 3. The van der Waals surface area contributed by atoms with E-state index in [-0.39, 0.29) is 36.1 Å². The van der Waals surface area contributed by atoms with Crippen molar-refractivity contribution in [1.29, 1.82) is 0 Å². The summed E-state index contributed by atoms with van der Waals surface area (Å²) in [5, 5.41) is 16.3. The number of rotatable bonds is 6. The van der Waals surface area contributed by atoms with E-state index in [4.69, 9.17) is 0 Å². The van der Waals surface area contributed by atoms with Crippen molar-refractivity contribution in [2.45, 2.75) is 83.3 Å². The van der Waals surface area contributed by atoms with E-state index in [1.54, 1.807) is 6.07 Å². The highest BCUT2D eigenvalue weighted by atomic mass is 35.5. The maximum Gasteiger partial charge on any atom is 0.416 e. The van der Waals surface area contributed by atoms with Gasteiger partial charge in [-0.25, -0.2) is 9.97 Å². The molecule has 41 heavy (non-hydrogen) atoms. The van der Waals surface area contributed by atoms with Gasteiger partial charge in [-0.15, -0.1) is 12.4 Å². The number of carbonyl (C=O) groups excluding carboxylic acids is 1. The lowest BCUT2D eigenvalue weighted by atomic mass is 9.88. The van der Waals surface area contributed by atoms with Gasteiger partial charge in [0.05, 0.1) is 29.1 Å². The normalized spacial score (nSPS) is 20.8. The number of aliphatic hydroxyl groups is 1.